The Bertz CT molecular complexity index is 1010. The lowest BCUT2D eigenvalue weighted by atomic mass is 10.2. The van der Waals surface area contributed by atoms with Gasteiger partial charge >= 0.3 is 0 Å². The Morgan fingerprint density at radius 1 is 1.28 bits per heavy atom. The summed E-state index contributed by atoms with van der Waals surface area (Å²) < 4.78 is 0. The summed E-state index contributed by atoms with van der Waals surface area (Å²) in [5.74, 6) is -0.158. The van der Waals surface area contributed by atoms with Crippen molar-refractivity contribution in [2.45, 2.75) is 19.0 Å². The van der Waals surface area contributed by atoms with Gasteiger partial charge in [0, 0.05) is 5.69 Å². The molecule has 3 rings (SSSR count). The van der Waals surface area contributed by atoms with Gasteiger partial charge in [0.1, 0.15) is 4.83 Å². The number of aromatic nitrogens is 2. The third kappa shape index (κ3) is 3.80. The molecule has 0 atom stereocenters. The van der Waals surface area contributed by atoms with Crippen molar-refractivity contribution >= 4 is 50.7 Å². The summed E-state index contributed by atoms with van der Waals surface area (Å²) >= 11 is 2.35. The van der Waals surface area contributed by atoms with Gasteiger partial charge in [-0.15, -0.1) is 11.3 Å². The van der Waals surface area contributed by atoms with E-state index in [2.05, 4.69) is 15.3 Å². The standard InChI is InChI=1S/C17H15N3O3S2/c1-9-13-15(23)19-17(20-16(13)25-14(9)10(2)21)24-8-12(22)18-11-6-4-3-5-7-11/h3-7H,8H2,1-2H3,(H,18,22)(H,19,20,23). The minimum atomic E-state index is -0.294. The average Bonchev–Trinajstić information content (AvgIpc) is 2.91. The van der Waals surface area contributed by atoms with Gasteiger partial charge in [-0.25, -0.2) is 4.98 Å². The lowest BCUT2D eigenvalue weighted by Gasteiger charge is -2.04. The zero-order valence-corrected chi connectivity index (χ0v) is 15.2. The molecule has 0 bridgehead atoms. The van der Waals surface area contributed by atoms with Crippen molar-refractivity contribution < 1.29 is 9.59 Å². The van der Waals surface area contributed by atoms with E-state index >= 15 is 0 Å². The van der Waals surface area contributed by atoms with E-state index in [4.69, 9.17) is 0 Å². The molecule has 3 aromatic rings. The Morgan fingerprint density at radius 2 is 2.00 bits per heavy atom. The molecule has 0 unspecified atom stereocenters. The van der Waals surface area contributed by atoms with E-state index in [1.54, 1.807) is 19.1 Å². The second-order valence-electron chi connectivity index (χ2n) is 5.37. The highest BCUT2D eigenvalue weighted by Crippen LogP contribution is 2.28. The SMILES string of the molecule is CC(=O)c1sc2nc(SCC(=O)Nc3ccccc3)[nH]c(=O)c2c1C. The van der Waals surface area contributed by atoms with Crippen molar-refractivity contribution in [1.82, 2.24) is 9.97 Å². The summed E-state index contributed by atoms with van der Waals surface area (Å²) in [4.78, 5) is 44.0. The summed E-state index contributed by atoms with van der Waals surface area (Å²) in [5.41, 5.74) is 1.07. The largest absolute Gasteiger partial charge is 0.325 e. The van der Waals surface area contributed by atoms with Crippen LogP contribution in [0, 0.1) is 6.92 Å². The maximum atomic E-state index is 12.3. The van der Waals surface area contributed by atoms with E-state index in [1.165, 1.54) is 18.3 Å². The Kier molecular flexibility index (Phi) is 5.00. The first-order valence-electron chi connectivity index (χ1n) is 7.47. The first-order valence-corrected chi connectivity index (χ1v) is 9.28. The molecular formula is C17H15N3O3S2. The van der Waals surface area contributed by atoms with Crippen molar-refractivity contribution in [3.63, 3.8) is 0 Å². The fourth-order valence-corrected chi connectivity index (χ4v) is 4.18. The van der Waals surface area contributed by atoms with Gasteiger partial charge < -0.3 is 10.3 Å². The van der Waals surface area contributed by atoms with E-state index in [9.17, 15) is 14.4 Å². The number of nitrogens with one attached hydrogen (secondary N) is 2. The molecule has 1 aromatic carbocycles. The van der Waals surface area contributed by atoms with E-state index in [1.807, 2.05) is 18.2 Å². The zero-order chi connectivity index (χ0) is 18.0. The third-order valence-electron chi connectivity index (χ3n) is 3.50. The smallest absolute Gasteiger partial charge is 0.260 e. The second-order valence-corrected chi connectivity index (χ2v) is 7.33. The molecule has 1 amide bonds. The van der Waals surface area contributed by atoms with Gasteiger partial charge in [-0.1, -0.05) is 30.0 Å². The number of para-hydroxylation sites is 1. The molecule has 2 N–H and O–H groups in total. The third-order valence-corrected chi connectivity index (χ3v) is 5.66. The number of fused-ring (bicyclic) bond motifs is 1. The molecule has 0 saturated carbocycles. The number of rotatable bonds is 5. The lowest BCUT2D eigenvalue weighted by molar-refractivity contribution is -0.113. The second kappa shape index (κ2) is 7.20. The minimum Gasteiger partial charge on any atom is -0.325 e. The number of carbonyl (C=O) groups is 2. The summed E-state index contributed by atoms with van der Waals surface area (Å²) in [5, 5.41) is 3.57. The fraction of sp³-hybridized carbons (Fsp3) is 0.176. The van der Waals surface area contributed by atoms with Crippen LogP contribution in [0.4, 0.5) is 5.69 Å². The molecule has 128 valence electrons. The summed E-state index contributed by atoms with van der Waals surface area (Å²) in [6.07, 6.45) is 0. The maximum absolute atomic E-state index is 12.3. The minimum absolute atomic E-state index is 0.0867. The molecule has 25 heavy (non-hydrogen) atoms. The molecule has 0 spiro atoms. The number of Topliss-reactive ketones (excluding diaryl/α,β-unsaturated/α-hetero) is 1. The summed E-state index contributed by atoms with van der Waals surface area (Å²) in [7, 11) is 0. The molecule has 0 aliphatic rings. The predicted octanol–water partition coefficient (Wildman–Crippen LogP) is 3.23. The van der Waals surface area contributed by atoms with Crippen LogP contribution in [0.15, 0.2) is 40.3 Å². The van der Waals surface area contributed by atoms with Gasteiger partial charge in [0.05, 0.1) is 16.0 Å². The van der Waals surface area contributed by atoms with Crippen LogP contribution in [0.5, 0.6) is 0 Å². The first kappa shape index (κ1) is 17.4. The predicted molar refractivity (Wildman–Crippen MR) is 101 cm³/mol. The van der Waals surface area contributed by atoms with Crippen LogP contribution >= 0.6 is 23.1 Å². The number of thiophene rings is 1. The van der Waals surface area contributed by atoms with Crippen LogP contribution in [0.25, 0.3) is 10.2 Å². The Hall–Kier alpha value is -2.45. The molecule has 6 nitrogen and oxygen atoms in total. The molecule has 2 aromatic heterocycles. The van der Waals surface area contributed by atoms with E-state index in [0.29, 0.717) is 31.5 Å². The Labute approximate surface area is 151 Å². The number of hydrogen-bond donors (Lipinski definition) is 2. The average molecular weight is 373 g/mol. The van der Waals surface area contributed by atoms with Crippen LogP contribution in [0.1, 0.15) is 22.2 Å². The quantitative estimate of drug-likeness (QED) is 0.407. The van der Waals surface area contributed by atoms with E-state index < -0.39 is 0 Å². The number of benzene rings is 1. The van der Waals surface area contributed by atoms with Crippen molar-refractivity contribution in [3.05, 3.63) is 51.1 Å². The highest BCUT2D eigenvalue weighted by molar-refractivity contribution is 7.99. The van der Waals surface area contributed by atoms with Crippen molar-refractivity contribution in [1.29, 1.82) is 0 Å². The van der Waals surface area contributed by atoms with Gasteiger partial charge in [0.25, 0.3) is 5.56 Å². The highest BCUT2D eigenvalue weighted by Gasteiger charge is 2.17. The zero-order valence-electron chi connectivity index (χ0n) is 13.6. The normalized spacial score (nSPS) is 10.8. The Balaban J connectivity index is 1.77. The summed E-state index contributed by atoms with van der Waals surface area (Å²) in [6, 6.07) is 9.13. The number of aromatic amines is 1. The van der Waals surface area contributed by atoms with Crippen LogP contribution in [0.3, 0.4) is 0 Å². The van der Waals surface area contributed by atoms with Gasteiger partial charge in [0.15, 0.2) is 10.9 Å². The fourth-order valence-electron chi connectivity index (χ4n) is 2.38. The number of aryl methyl sites for hydroxylation is 1. The van der Waals surface area contributed by atoms with Crippen molar-refractivity contribution in [2.24, 2.45) is 0 Å². The molecule has 0 aliphatic carbocycles. The lowest BCUT2D eigenvalue weighted by Crippen LogP contribution is -2.15. The summed E-state index contributed by atoms with van der Waals surface area (Å²) in [6.45, 7) is 3.21. The molecule has 2 heterocycles. The molecule has 0 fully saturated rings. The number of hydrogen-bond acceptors (Lipinski definition) is 6. The number of thioether (sulfide) groups is 1. The first-order chi connectivity index (χ1) is 12.0. The topological polar surface area (TPSA) is 91.9 Å². The maximum Gasteiger partial charge on any atom is 0.260 e. The number of anilines is 1. The van der Waals surface area contributed by atoms with Crippen LogP contribution in [-0.4, -0.2) is 27.4 Å². The molecule has 0 radical (unpaired) electrons. The Morgan fingerprint density at radius 3 is 2.68 bits per heavy atom. The number of carbonyl (C=O) groups excluding carboxylic acids is 2. The van der Waals surface area contributed by atoms with E-state index in [-0.39, 0.29) is 23.0 Å². The number of amides is 1. The van der Waals surface area contributed by atoms with Crippen molar-refractivity contribution in [3.8, 4) is 0 Å². The van der Waals surface area contributed by atoms with Crippen LogP contribution < -0.4 is 10.9 Å². The number of nitrogens with zero attached hydrogens (tertiary/aromatic N) is 1. The van der Waals surface area contributed by atoms with Gasteiger partial charge in [-0.05, 0) is 31.5 Å². The van der Waals surface area contributed by atoms with E-state index in [0.717, 1.165) is 11.8 Å². The molecular weight excluding hydrogens is 358 g/mol. The monoisotopic (exact) mass is 373 g/mol. The highest BCUT2D eigenvalue weighted by atomic mass is 32.2. The molecule has 0 saturated heterocycles. The van der Waals surface area contributed by atoms with Crippen LogP contribution in [-0.2, 0) is 4.79 Å². The van der Waals surface area contributed by atoms with Gasteiger partial charge in [0.2, 0.25) is 5.91 Å². The molecule has 0 aliphatic heterocycles. The van der Waals surface area contributed by atoms with Crippen molar-refractivity contribution in [2.75, 3.05) is 11.1 Å². The number of H-pyrrole nitrogens is 1. The molecule has 8 heteroatoms. The van der Waals surface area contributed by atoms with Crippen LogP contribution in [0.2, 0.25) is 0 Å². The van der Waals surface area contributed by atoms with Gasteiger partial charge in [-0.3, -0.25) is 14.4 Å². The number of ketones is 1. The van der Waals surface area contributed by atoms with Gasteiger partial charge in [-0.2, -0.15) is 0 Å².